The van der Waals surface area contributed by atoms with Crippen molar-refractivity contribution in [2.24, 2.45) is 11.8 Å². The number of carbonyl (C=O) groups is 2. The average molecular weight is 410 g/mol. The lowest BCUT2D eigenvalue weighted by molar-refractivity contribution is -0.153. The molecular weight excluding hydrogens is 374 g/mol. The molecule has 0 bridgehead atoms. The van der Waals surface area contributed by atoms with Crippen molar-refractivity contribution in [1.82, 2.24) is 5.32 Å². The van der Waals surface area contributed by atoms with Gasteiger partial charge in [-0.3, -0.25) is 4.79 Å². The number of morpholine rings is 1. The maximum absolute atomic E-state index is 12.8. The number of rotatable bonds is 5. The Kier molecular flexibility index (Phi) is 6.60. The maximum atomic E-state index is 12.8. The third-order valence-corrected chi connectivity index (χ3v) is 7.64. The van der Waals surface area contributed by atoms with E-state index in [1.54, 1.807) is 0 Å². The van der Waals surface area contributed by atoms with Crippen LogP contribution in [0.4, 0.5) is 0 Å². The lowest BCUT2D eigenvalue weighted by atomic mass is 9.76. The van der Waals surface area contributed by atoms with Crippen LogP contribution in [0.5, 0.6) is 0 Å². The lowest BCUT2D eigenvalue weighted by Gasteiger charge is -2.41. The normalized spacial score (nSPS) is 29.6. The highest BCUT2D eigenvalue weighted by Crippen LogP contribution is 2.35. The quantitative estimate of drug-likeness (QED) is 0.395. The van der Waals surface area contributed by atoms with Crippen molar-refractivity contribution in [2.45, 2.75) is 89.7 Å². The van der Waals surface area contributed by atoms with Gasteiger partial charge in [0.25, 0.3) is 0 Å². The number of hydrogen-bond donors (Lipinski definition) is 1. The van der Waals surface area contributed by atoms with E-state index in [2.05, 4.69) is 31.3 Å². The van der Waals surface area contributed by atoms with Crippen molar-refractivity contribution in [3.63, 3.8) is 0 Å². The number of ether oxygens (including phenoxy) is 1. The molecule has 4 rings (SSSR count). The van der Waals surface area contributed by atoms with Crippen molar-refractivity contribution in [3.05, 3.63) is 47.2 Å². The van der Waals surface area contributed by atoms with Gasteiger partial charge in [0, 0.05) is 11.6 Å². The molecular formula is C26H35NO3. The minimum absolute atomic E-state index is 0.0696. The van der Waals surface area contributed by atoms with Gasteiger partial charge < -0.3 is 10.1 Å². The van der Waals surface area contributed by atoms with Crippen molar-refractivity contribution in [3.8, 4) is 0 Å². The molecule has 3 fully saturated rings. The van der Waals surface area contributed by atoms with Crippen molar-refractivity contribution < 1.29 is 14.3 Å². The zero-order valence-electron chi connectivity index (χ0n) is 18.4. The summed E-state index contributed by atoms with van der Waals surface area (Å²) in [6.07, 6.45) is 12.0. The summed E-state index contributed by atoms with van der Waals surface area (Å²) in [6, 6.07) is 8.09. The van der Waals surface area contributed by atoms with Gasteiger partial charge in [-0.25, -0.2) is 4.79 Å². The highest BCUT2D eigenvalue weighted by Gasteiger charge is 2.39. The lowest BCUT2D eigenvalue weighted by Crippen LogP contribution is -2.52. The van der Waals surface area contributed by atoms with Crippen molar-refractivity contribution >= 4 is 11.8 Å². The van der Waals surface area contributed by atoms with Gasteiger partial charge in [-0.15, -0.1) is 0 Å². The Balaban J connectivity index is 1.43. The summed E-state index contributed by atoms with van der Waals surface area (Å²) in [6.45, 7) is 4.53. The second-order valence-electron chi connectivity index (χ2n) is 9.53. The van der Waals surface area contributed by atoms with Gasteiger partial charge in [0.15, 0.2) is 5.78 Å². The molecule has 4 atom stereocenters. The predicted molar refractivity (Wildman–Crippen MR) is 118 cm³/mol. The van der Waals surface area contributed by atoms with Crippen LogP contribution in [-0.2, 0) is 9.53 Å². The van der Waals surface area contributed by atoms with Gasteiger partial charge in [-0.1, -0.05) is 63.8 Å². The van der Waals surface area contributed by atoms with E-state index in [0.717, 1.165) is 19.3 Å². The van der Waals surface area contributed by atoms with Gasteiger partial charge in [0.1, 0.15) is 11.8 Å². The summed E-state index contributed by atoms with van der Waals surface area (Å²) in [5.74, 6) is 1.40. The van der Waals surface area contributed by atoms with Gasteiger partial charge in [0.2, 0.25) is 0 Å². The minimum Gasteiger partial charge on any atom is -0.456 e. The molecule has 30 heavy (non-hydrogen) atoms. The van der Waals surface area contributed by atoms with E-state index >= 15 is 0 Å². The molecule has 1 heterocycles. The molecule has 1 saturated heterocycles. The first kappa shape index (κ1) is 21.1. The Morgan fingerprint density at radius 1 is 1.13 bits per heavy atom. The summed E-state index contributed by atoms with van der Waals surface area (Å²) >= 11 is 0. The van der Waals surface area contributed by atoms with Crippen LogP contribution in [0.3, 0.4) is 0 Å². The van der Waals surface area contributed by atoms with Crippen LogP contribution in [0.1, 0.15) is 93.5 Å². The fourth-order valence-corrected chi connectivity index (χ4v) is 5.45. The third kappa shape index (κ3) is 4.63. The molecule has 4 heteroatoms. The Morgan fingerprint density at radius 2 is 1.87 bits per heavy atom. The molecule has 1 aromatic rings. The molecule has 4 nitrogen and oxygen atoms in total. The van der Waals surface area contributed by atoms with E-state index in [-0.39, 0.29) is 17.9 Å². The topological polar surface area (TPSA) is 55.4 Å². The summed E-state index contributed by atoms with van der Waals surface area (Å²) in [4.78, 5) is 25.2. The van der Waals surface area contributed by atoms with E-state index in [0.29, 0.717) is 29.0 Å². The Hall–Kier alpha value is -2.10. The molecule has 0 radical (unpaired) electrons. The number of hydrogen-bond acceptors (Lipinski definition) is 4. The largest absolute Gasteiger partial charge is 0.456 e. The van der Waals surface area contributed by atoms with Crippen LogP contribution in [0.2, 0.25) is 0 Å². The summed E-state index contributed by atoms with van der Waals surface area (Å²) < 4.78 is 5.68. The minimum atomic E-state index is -0.398. The Bertz CT molecular complexity index is 791. The van der Waals surface area contributed by atoms with Gasteiger partial charge in [0.05, 0.1) is 6.04 Å². The van der Waals surface area contributed by atoms with Crippen LogP contribution in [0.15, 0.2) is 36.0 Å². The fraction of sp³-hybridized carbons (Fsp3) is 0.615. The van der Waals surface area contributed by atoms with Crippen molar-refractivity contribution in [2.75, 3.05) is 0 Å². The highest BCUT2D eigenvalue weighted by atomic mass is 16.5. The number of fused-ring (bicyclic) bond motifs is 1. The summed E-state index contributed by atoms with van der Waals surface area (Å²) in [5, 5.41) is 3.34. The van der Waals surface area contributed by atoms with Gasteiger partial charge >= 0.3 is 5.97 Å². The molecule has 3 aliphatic rings. The number of allylic oxidation sites excluding steroid dienone is 1. The zero-order valence-corrected chi connectivity index (χ0v) is 18.4. The number of esters is 1. The first-order valence-corrected chi connectivity index (χ1v) is 11.9. The highest BCUT2D eigenvalue weighted by molar-refractivity contribution is 6.08. The number of nitrogens with one attached hydrogen (secondary N) is 1. The first-order chi connectivity index (χ1) is 14.5. The molecule has 1 aliphatic heterocycles. The van der Waals surface area contributed by atoms with Crippen molar-refractivity contribution in [1.29, 1.82) is 0 Å². The zero-order chi connectivity index (χ0) is 21.1. The van der Waals surface area contributed by atoms with E-state index < -0.39 is 5.97 Å². The molecule has 1 aromatic carbocycles. The molecule has 2 saturated carbocycles. The number of carbonyl (C=O) groups excluding carboxylic acids is 2. The summed E-state index contributed by atoms with van der Waals surface area (Å²) in [7, 11) is 0. The monoisotopic (exact) mass is 409 g/mol. The molecule has 4 unspecified atom stereocenters. The van der Waals surface area contributed by atoms with Gasteiger partial charge in [-0.05, 0) is 55.4 Å². The third-order valence-electron chi connectivity index (χ3n) is 7.64. The molecule has 0 spiro atoms. The fourth-order valence-electron chi connectivity index (χ4n) is 5.45. The van der Waals surface area contributed by atoms with Crippen LogP contribution >= 0.6 is 0 Å². The first-order valence-electron chi connectivity index (χ1n) is 11.9. The molecule has 0 aromatic heterocycles. The van der Waals surface area contributed by atoms with Crippen LogP contribution in [0, 0.1) is 11.8 Å². The van der Waals surface area contributed by atoms with E-state index in [1.807, 2.05) is 12.1 Å². The summed E-state index contributed by atoms with van der Waals surface area (Å²) in [5.41, 5.74) is 2.26. The predicted octanol–water partition coefficient (Wildman–Crippen LogP) is 5.53. The molecule has 162 valence electrons. The van der Waals surface area contributed by atoms with E-state index in [9.17, 15) is 9.59 Å². The molecule has 0 amide bonds. The SMILES string of the molecule is CCC(C)C1CCC2OC(=O)/C(=C\C(=O)c3ccc(C4CCCCC4)cc3)NC2C1. The van der Waals surface area contributed by atoms with Crippen LogP contribution < -0.4 is 5.32 Å². The molecule has 1 N–H and O–H groups in total. The van der Waals surface area contributed by atoms with Crippen LogP contribution in [0.25, 0.3) is 0 Å². The van der Waals surface area contributed by atoms with Crippen LogP contribution in [-0.4, -0.2) is 23.9 Å². The Labute approximate surface area is 180 Å². The van der Waals surface area contributed by atoms with Gasteiger partial charge in [-0.2, -0.15) is 0 Å². The Morgan fingerprint density at radius 3 is 2.57 bits per heavy atom. The maximum Gasteiger partial charge on any atom is 0.354 e. The van der Waals surface area contributed by atoms with E-state index in [1.165, 1.54) is 50.2 Å². The second-order valence-corrected chi connectivity index (χ2v) is 9.53. The second kappa shape index (κ2) is 9.36. The average Bonchev–Trinajstić information content (AvgIpc) is 2.79. The number of benzene rings is 1. The standard InChI is InChI=1S/C26H35NO3/c1-3-17(2)21-13-14-25-22(15-21)27-23(26(29)30-25)16-24(28)20-11-9-19(10-12-20)18-7-5-4-6-8-18/h9-12,16-18,21-22,25,27H,3-8,13-15H2,1-2H3/b23-16+. The van der Waals surface area contributed by atoms with E-state index in [4.69, 9.17) is 4.74 Å². The molecule has 2 aliphatic carbocycles. The number of ketones is 1. The smallest absolute Gasteiger partial charge is 0.354 e.